The molecule has 73 heavy (non-hydrogen) atoms. The molecule has 30 heteroatoms. The van der Waals surface area contributed by atoms with Crippen molar-refractivity contribution in [2.24, 2.45) is 53.8 Å². The van der Waals surface area contributed by atoms with Crippen LogP contribution in [0.4, 0.5) is 34.5 Å². The highest BCUT2D eigenvalue weighted by Gasteiger charge is 2.23. The molecule has 0 spiro atoms. The number of carbonyl (C=O) groups excluding carboxylic acids is 8. The first-order valence-corrected chi connectivity index (χ1v) is 21.4. The quantitative estimate of drug-likeness (QED) is 0.0283. The van der Waals surface area contributed by atoms with Crippen LogP contribution in [0.5, 0.6) is 0 Å². The topological polar surface area (TPSA) is 401 Å². The smallest absolute Gasteiger partial charge is 0.292 e. The molecule has 0 saturated heterocycles. The van der Waals surface area contributed by atoms with Gasteiger partial charge in [0.2, 0.25) is 29.3 Å². The molecular weight excluding hydrogens is 974 g/mol. The minimum absolute atomic E-state index is 0. The number of amidine groups is 2. The lowest BCUT2D eigenvalue weighted by Gasteiger charge is -2.04. The van der Waals surface area contributed by atoms with Gasteiger partial charge in [-0.3, -0.25) is 49.2 Å². The maximum absolute atomic E-state index is 13.3. The summed E-state index contributed by atoms with van der Waals surface area (Å²) in [4.78, 5) is 116. The lowest BCUT2D eigenvalue weighted by atomic mass is 10.3. The van der Waals surface area contributed by atoms with E-state index in [1.165, 1.54) is 90.7 Å². The molecular formula is C43H52ClN21O8. The van der Waals surface area contributed by atoms with Crippen LogP contribution >= 0.6 is 12.4 Å². The summed E-state index contributed by atoms with van der Waals surface area (Å²) in [6.45, 7) is 0.311. The van der Waals surface area contributed by atoms with E-state index >= 15 is 0 Å². The first-order valence-electron chi connectivity index (χ1n) is 21.4. The van der Waals surface area contributed by atoms with Crippen LogP contribution in [0.1, 0.15) is 76.2 Å². The van der Waals surface area contributed by atoms with Gasteiger partial charge in [-0.1, -0.05) is 0 Å². The van der Waals surface area contributed by atoms with Crippen LogP contribution in [-0.2, 0) is 51.9 Å². The van der Waals surface area contributed by atoms with Crippen LogP contribution in [-0.4, -0.2) is 114 Å². The Kier molecular flexibility index (Phi) is 17.2. The van der Waals surface area contributed by atoms with E-state index < -0.39 is 47.3 Å². The van der Waals surface area contributed by atoms with E-state index in [1.807, 2.05) is 0 Å². The molecule has 29 nitrogen and oxygen atoms in total. The van der Waals surface area contributed by atoms with Crippen molar-refractivity contribution in [3.05, 3.63) is 102 Å². The predicted molar refractivity (Wildman–Crippen MR) is 269 cm³/mol. The van der Waals surface area contributed by atoms with Gasteiger partial charge in [0.15, 0.2) is 17.5 Å². The molecule has 0 radical (unpaired) electrons. The van der Waals surface area contributed by atoms with Gasteiger partial charge in [0.1, 0.15) is 17.1 Å². The highest BCUT2D eigenvalue weighted by Crippen LogP contribution is 2.20. The minimum atomic E-state index is -0.758. The summed E-state index contributed by atoms with van der Waals surface area (Å²) >= 11 is 0. The molecule has 0 saturated carbocycles. The van der Waals surface area contributed by atoms with E-state index in [2.05, 4.69) is 57.5 Å². The van der Waals surface area contributed by atoms with Crippen LogP contribution in [0.3, 0.4) is 0 Å². The molecule has 0 fully saturated rings. The molecule has 0 aliphatic carbocycles. The first kappa shape index (κ1) is 54.1. The molecule has 0 atom stereocenters. The van der Waals surface area contributed by atoms with Crippen molar-refractivity contribution in [3.63, 3.8) is 0 Å². The van der Waals surface area contributed by atoms with Crippen molar-refractivity contribution in [2.75, 3.05) is 45.0 Å². The fourth-order valence-corrected chi connectivity index (χ4v) is 6.82. The number of rotatable bonds is 20. The molecule has 0 aliphatic heterocycles. The zero-order valence-corrected chi connectivity index (χ0v) is 40.8. The zero-order valence-electron chi connectivity index (χ0n) is 40.0. The summed E-state index contributed by atoms with van der Waals surface area (Å²) in [6.07, 6.45) is 11.0. The van der Waals surface area contributed by atoms with E-state index in [4.69, 9.17) is 22.3 Å². The average molecular weight is 1030 g/mol. The summed E-state index contributed by atoms with van der Waals surface area (Å²) in [6, 6.07) is 4.36. The highest BCUT2D eigenvalue weighted by molar-refractivity contribution is 6.10. The number of halogens is 1. The number of anilines is 6. The van der Waals surface area contributed by atoms with Crippen molar-refractivity contribution in [3.8, 4) is 0 Å². The third kappa shape index (κ3) is 13.9. The SMILES string of the molecule is Cl.Cn1cc(NC(=O)c2cc(NC(=O)c3cc(NC(=O)/C=C/C(=O)Nc4cn(C)c(C(=O)Nc5cn(C)c(C(=O)Nc6cn(C)c(C(=O)NCCC(=N)N)n6)n5)n4)cn3C)cn2C)cc1C(=O)NCCC(=N)N. The summed E-state index contributed by atoms with van der Waals surface area (Å²) in [5.74, 6) is -5.29. The number of hydrogen-bond donors (Lipinski definition) is 12. The second-order valence-corrected chi connectivity index (χ2v) is 16.0. The predicted octanol–water partition coefficient (Wildman–Crippen LogP) is 0.579. The fraction of sp³-hybridized carbons (Fsp3) is 0.233. The highest BCUT2D eigenvalue weighted by atomic mass is 35.5. The van der Waals surface area contributed by atoms with Crippen LogP contribution < -0.4 is 54.0 Å². The molecule has 6 aromatic heterocycles. The Labute approximate surface area is 420 Å². The average Bonchev–Trinajstić information content (AvgIpc) is 4.16. The Morgan fingerprint density at radius 1 is 0.452 bits per heavy atom. The number of nitrogens with one attached hydrogen (secondary N) is 10. The molecule has 0 aliphatic rings. The number of nitrogens with zero attached hydrogens (tertiary/aromatic N) is 9. The van der Waals surface area contributed by atoms with Gasteiger partial charge in [-0.05, 0) is 18.2 Å². The Morgan fingerprint density at radius 3 is 1.18 bits per heavy atom. The number of nitrogens with two attached hydrogens (primary N) is 2. The van der Waals surface area contributed by atoms with Crippen LogP contribution in [0.2, 0.25) is 0 Å². The van der Waals surface area contributed by atoms with Gasteiger partial charge in [-0.15, -0.1) is 12.4 Å². The molecule has 384 valence electrons. The first-order chi connectivity index (χ1) is 34.0. The number of aryl methyl sites for hydroxylation is 6. The van der Waals surface area contributed by atoms with Gasteiger partial charge >= 0.3 is 0 Å². The van der Waals surface area contributed by atoms with Gasteiger partial charge in [0, 0.05) is 118 Å². The van der Waals surface area contributed by atoms with Crippen molar-refractivity contribution < 1.29 is 38.4 Å². The van der Waals surface area contributed by atoms with Crippen LogP contribution in [0.15, 0.2) is 67.5 Å². The van der Waals surface area contributed by atoms with Crippen molar-refractivity contribution in [1.82, 2.24) is 53.0 Å². The van der Waals surface area contributed by atoms with Gasteiger partial charge in [0.25, 0.3) is 35.4 Å². The minimum Gasteiger partial charge on any atom is -0.388 e. The second-order valence-electron chi connectivity index (χ2n) is 16.0. The molecule has 0 aromatic carbocycles. The van der Waals surface area contributed by atoms with E-state index in [-0.39, 0.29) is 108 Å². The van der Waals surface area contributed by atoms with E-state index in [0.29, 0.717) is 11.4 Å². The number of hydrogen-bond acceptors (Lipinski definition) is 13. The van der Waals surface area contributed by atoms with Crippen molar-refractivity contribution >= 4 is 106 Å². The van der Waals surface area contributed by atoms with E-state index in [0.717, 1.165) is 12.2 Å². The standard InChI is InChI=1S/C43H51N21O8.ClH/c1-59-17-23(14-25(59)38(67)48-11-9-28(44)45)51-40(69)27-15-24(18-61(27)3)52-39(68)26-13-22(16-60(26)2)50-33(65)7-8-34(66)53-30-19-63(5)36(54-30)42(71)58-32-21-64(6)37(56-32)43(72)57-31-20-62(4)35(55-31)41(70)49-12-10-29(46)47;/h7-8,13-21H,9-12H2,1-6H3,(H3,44,45)(H3,46,47)(H,48,67)(H,49,70)(H,50,65)(H,51,69)(H,52,68)(H,53,66)(H,57,72)(H,58,71);1H/b8-7+;. The summed E-state index contributed by atoms with van der Waals surface area (Å²) in [5, 5.41) is 35.4. The second kappa shape index (κ2) is 23.2. The van der Waals surface area contributed by atoms with E-state index in [1.54, 1.807) is 34.4 Å². The lowest BCUT2D eigenvalue weighted by molar-refractivity contribution is -0.114. The maximum Gasteiger partial charge on any atom is 0.292 e. The van der Waals surface area contributed by atoms with E-state index in [9.17, 15) is 38.4 Å². The Hall–Kier alpha value is -9.80. The van der Waals surface area contributed by atoms with Crippen LogP contribution in [0.25, 0.3) is 0 Å². The van der Waals surface area contributed by atoms with Gasteiger partial charge in [-0.2, -0.15) is 0 Å². The summed E-state index contributed by atoms with van der Waals surface area (Å²) in [5.41, 5.74) is 12.1. The zero-order chi connectivity index (χ0) is 52.6. The molecule has 6 heterocycles. The summed E-state index contributed by atoms with van der Waals surface area (Å²) < 4.78 is 8.59. The number of carbonyl (C=O) groups is 8. The molecule has 14 N–H and O–H groups in total. The third-order valence-corrected chi connectivity index (χ3v) is 10.2. The molecule has 0 unspecified atom stereocenters. The monoisotopic (exact) mass is 1030 g/mol. The van der Waals surface area contributed by atoms with Crippen molar-refractivity contribution in [2.45, 2.75) is 12.8 Å². The van der Waals surface area contributed by atoms with Gasteiger partial charge in [0.05, 0.1) is 28.7 Å². The molecule has 6 aromatic rings. The fourth-order valence-electron chi connectivity index (χ4n) is 6.82. The van der Waals surface area contributed by atoms with Crippen molar-refractivity contribution in [1.29, 1.82) is 10.8 Å². The number of amides is 8. The lowest BCUT2D eigenvalue weighted by Crippen LogP contribution is -2.29. The Bertz CT molecular complexity index is 2990. The molecule has 0 bridgehead atoms. The molecule has 6 rings (SSSR count). The maximum atomic E-state index is 13.3. The van der Waals surface area contributed by atoms with Crippen LogP contribution in [0, 0.1) is 10.8 Å². The van der Waals surface area contributed by atoms with Gasteiger partial charge in [-0.25, -0.2) is 15.0 Å². The number of imidazole rings is 3. The number of aromatic nitrogens is 9. The largest absolute Gasteiger partial charge is 0.388 e. The normalized spacial score (nSPS) is 10.8. The Balaban J connectivity index is 0.00000988. The third-order valence-electron chi connectivity index (χ3n) is 10.2. The molecule has 8 amide bonds. The van der Waals surface area contributed by atoms with Gasteiger partial charge < -0.3 is 81.4 Å². The Morgan fingerprint density at radius 2 is 0.781 bits per heavy atom. The summed E-state index contributed by atoms with van der Waals surface area (Å²) in [7, 11) is 9.41.